The fraction of sp³-hybridized carbons (Fsp3) is 0.842. The van der Waals surface area contributed by atoms with Crippen LogP contribution in [0, 0.1) is 51.2 Å². The summed E-state index contributed by atoms with van der Waals surface area (Å²) in [6, 6.07) is 0. The zero-order chi connectivity index (χ0) is 33.3. The molecule has 5 rings (SSSR count). The first-order chi connectivity index (χ1) is 20.8. The van der Waals surface area contributed by atoms with Crippen molar-refractivity contribution in [3.8, 4) is 0 Å². The molecule has 0 aromatic carbocycles. The molecule has 0 aromatic rings. The third-order valence-corrected chi connectivity index (χ3v) is 13.6. The van der Waals surface area contributed by atoms with Crippen molar-refractivity contribution in [2.75, 3.05) is 20.6 Å². The minimum absolute atomic E-state index is 0.0103. The molecule has 4 fully saturated rings. The summed E-state index contributed by atoms with van der Waals surface area (Å²) in [6.45, 7) is 17.9. The second kappa shape index (κ2) is 11.6. The molecule has 1 N–H and O–H groups in total. The Balaban J connectivity index is 1.42. The minimum Gasteiger partial charge on any atom is -0.462 e. The van der Waals surface area contributed by atoms with Crippen molar-refractivity contribution >= 4 is 23.9 Å². The van der Waals surface area contributed by atoms with Gasteiger partial charge >= 0.3 is 5.97 Å². The number of aldehydes is 1. The van der Waals surface area contributed by atoms with Crippen LogP contribution in [0.15, 0.2) is 11.1 Å². The third-order valence-electron chi connectivity index (χ3n) is 13.6. The highest BCUT2D eigenvalue weighted by Gasteiger charge is 2.66. The molecule has 5 aliphatic carbocycles. The standard InChI is InChI=1S/C38H60N2O5/c1-23(2)32-26(42)19-38(39-30(43)21-40(9)10)18-13-25-24(33(32)38)11-12-28-36(25,7)16-14-27-35(5,6)29(15-17-37(27,28)8)45-31(44)20-34(3,4)22-41/h22-25,27-29H,11-21H2,1-10H3,(H,39,43). The van der Waals surface area contributed by atoms with Gasteiger partial charge in [0.1, 0.15) is 12.4 Å². The number of carbonyl (C=O) groups is 4. The van der Waals surface area contributed by atoms with Gasteiger partial charge < -0.3 is 19.7 Å². The first-order valence-corrected chi connectivity index (χ1v) is 17.7. The predicted octanol–water partition coefficient (Wildman–Crippen LogP) is 6.53. The van der Waals surface area contributed by atoms with Gasteiger partial charge in [0.05, 0.1) is 18.5 Å². The summed E-state index contributed by atoms with van der Waals surface area (Å²) >= 11 is 0. The Hall–Kier alpha value is -2.02. The van der Waals surface area contributed by atoms with Crippen LogP contribution in [0.1, 0.15) is 120 Å². The van der Waals surface area contributed by atoms with Crippen LogP contribution in [0.4, 0.5) is 0 Å². The summed E-state index contributed by atoms with van der Waals surface area (Å²) in [4.78, 5) is 53.2. The molecule has 7 heteroatoms. The molecule has 0 radical (unpaired) electrons. The number of nitrogens with zero attached hydrogens (tertiary/aromatic N) is 1. The lowest BCUT2D eigenvalue weighted by Crippen LogP contribution is -2.64. The Bertz CT molecular complexity index is 1260. The second-order valence-electron chi connectivity index (χ2n) is 18.1. The van der Waals surface area contributed by atoms with E-state index in [1.165, 1.54) is 5.57 Å². The lowest BCUT2D eigenvalue weighted by molar-refractivity contribution is -0.213. The van der Waals surface area contributed by atoms with Crippen molar-refractivity contribution in [3.63, 3.8) is 0 Å². The van der Waals surface area contributed by atoms with Gasteiger partial charge in [-0.05, 0) is 117 Å². The van der Waals surface area contributed by atoms with Gasteiger partial charge in [0.2, 0.25) is 5.91 Å². The number of fused-ring (bicyclic) bond motifs is 7. The van der Waals surface area contributed by atoms with E-state index in [2.05, 4.69) is 46.9 Å². The normalized spacial score (nSPS) is 39.1. The predicted molar refractivity (Wildman–Crippen MR) is 176 cm³/mol. The topological polar surface area (TPSA) is 92.8 Å². The zero-order valence-electron chi connectivity index (χ0n) is 29.8. The van der Waals surface area contributed by atoms with Gasteiger partial charge in [0, 0.05) is 17.3 Å². The van der Waals surface area contributed by atoms with Crippen LogP contribution in [0.2, 0.25) is 0 Å². The van der Waals surface area contributed by atoms with E-state index in [-0.39, 0.29) is 52.3 Å². The van der Waals surface area contributed by atoms with E-state index >= 15 is 0 Å². The van der Waals surface area contributed by atoms with Crippen LogP contribution in [0.5, 0.6) is 0 Å². The average Bonchev–Trinajstić information content (AvgIpc) is 3.21. The largest absolute Gasteiger partial charge is 0.462 e. The number of amides is 1. The maximum atomic E-state index is 13.7. The molecule has 252 valence electrons. The van der Waals surface area contributed by atoms with Gasteiger partial charge in [-0.2, -0.15) is 0 Å². The SMILES string of the molecule is CC(C)C1=C2C3CCC4C(C)(CCC5C(C)(C)C(OC(=O)CC(C)(C)C=O)CCC54C)C3CCC2(NC(=O)CN(C)C)CC1=O. The van der Waals surface area contributed by atoms with E-state index in [9.17, 15) is 19.2 Å². The Labute approximate surface area is 272 Å². The monoisotopic (exact) mass is 624 g/mol. The van der Waals surface area contributed by atoms with Crippen LogP contribution < -0.4 is 5.32 Å². The van der Waals surface area contributed by atoms with Gasteiger partial charge in [-0.3, -0.25) is 14.4 Å². The van der Waals surface area contributed by atoms with Gasteiger partial charge in [-0.15, -0.1) is 0 Å². The Morgan fingerprint density at radius 3 is 2.27 bits per heavy atom. The van der Waals surface area contributed by atoms with Crippen LogP contribution in [0.3, 0.4) is 0 Å². The number of likely N-dealkylation sites (N-methyl/N-ethyl adjacent to an activating group) is 1. The maximum Gasteiger partial charge on any atom is 0.307 e. The highest BCUT2D eigenvalue weighted by molar-refractivity contribution is 6.02. The van der Waals surface area contributed by atoms with Gasteiger partial charge in [0.25, 0.3) is 0 Å². The number of nitrogens with one attached hydrogen (secondary N) is 1. The molecule has 45 heavy (non-hydrogen) atoms. The van der Waals surface area contributed by atoms with E-state index in [4.69, 9.17) is 4.74 Å². The number of carbonyl (C=O) groups excluding carboxylic acids is 4. The van der Waals surface area contributed by atoms with Crippen molar-refractivity contribution in [3.05, 3.63) is 11.1 Å². The number of Topliss-reactive ketones (excluding diaryl/α,β-unsaturated/α-hetero) is 1. The van der Waals surface area contributed by atoms with E-state index in [1.54, 1.807) is 13.8 Å². The number of ketones is 1. The molecule has 7 nitrogen and oxygen atoms in total. The smallest absolute Gasteiger partial charge is 0.307 e. The summed E-state index contributed by atoms with van der Waals surface area (Å²) in [5.41, 5.74) is 1.18. The molecule has 0 bridgehead atoms. The average molecular weight is 625 g/mol. The highest BCUT2D eigenvalue weighted by atomic mass is 16.5. The van der Waals surface area contributed by atoms with Crippen molar-refractivity contribution < 1.29 is 23.9 Å². The fourth-order valence-corrected chi connectivity index (χ4v) is 11.8. The maximum absolute atomic E-state index is 13.7. The summed E-state index contributed by atoms with van der Waals surface area (Å²) in [5, 5.41) is 3.44. The van der Waals surface area contributed by atoms with Gasteiger partial charge in [0.15, 0.2) is 5.78 Å². The number of allylic oxidation sites excluding steroid dienone is 1. The number of ether oxygens (including phenoxy) is 1. The third kappa shape index (κ3) is 5.65. The molecule has 1 amide bonds. The molecule has 0 heterocycles. The van der Waals surface area contributed by atoms with Crippen molar-refractivity contribution in [1.29, 1.82) is 0 Å². The molecule has 5 aliphatic rings. The Morgan fingerprint density at radius 1 is 0.978 bits per heavy atom. The van der Waals surface area contributed by atoms with E-state index in [0.29, 0.717) is 36.6 Å². The molecule has 0 aromatic heterocycles. The molecule has 0 aliphatic heterocycles. The highest BCUT2D eigenvalue weighted by Crippen LogP contribution is 2.72. The van der Waals surface area contributed by atoms with Crippen LogP contribution in [-0.4, -0.2) is 61.1 Å². The first kappa shape index (κ1) is 34.3. The number of esters is 1. The van der Waals surface area contributed by atoms with E-state index in [0.717, 1.165) is 63.2 Å². The Kier molecular flexibility index (Phi) is 8.84. The lowest BCUT2D eigenvalue weighted by atomic mass is 9.37. The lowest BCUT2D eigenvalue weighted by Gasteiger charge is -2.68. The molecule has 8 unspecified atom stereocenters. The van der Waals surface area contributed by atoms with Gasteiger partial charge in [-0.25, -0.2) is 0 Å². The molecular weight excluding hydrogens is 564 g/mol. The van der Waals surface area contributed by atoms with Crippen molar-refractivity contribution in [2.24, 2.45) is 51.2 Å². The summed E-state index contributed by atoms with van der Waals surface area (Å²) < 4.78 is 6.17. The van der Waals surface area contributed by atoms with Crippen molar-refractivity contribution in [1.82, 2.24) is 10.2 Å². The number of rotatable bonds is 8. The van der Waals surface area contributed by atoms with Crippen LogP contribution >= 0.6 is 0 Å². The fourth-order valence-electron chi connectivity index (χ4n) is 11.8. The molecule has 0 saturated heterocycles. The summed E-state index contributed by atoms with van der Waals surface area (Å²) in [6.07, 6.45) is 9.45. The van der Waals surface area contributed by atoms with Crippen molar-refractivity contribution in [2.45, 2.75) is 131 Å². The minimum atomic E-state index is -0.711. The number of hydrogen-bond donors (Lipinski definition) is 1. The zero-order valence-corrected chi connectivity index (χ0v) is 29.8. The summed E-state index contributed by atoms with van der Waals surface area (Å²) in [7, 11) is 3.83. The second-order valence-corrected chi connectivity index (χ2v) is 18.1. The molecular formula is C38H60N2O5. The number of hydrogen-bond acceptors (Lipinski definition) is 6. The molecule has 8 atom stereocenters. The van der Waals surface area contributed by atoms with Crippen LogP contribution in [0.25, 0.3) is 0 Å². The quantitative estimate of drug-likeness (QED) is 0.244. The molecule has 4 saturated carbocycles. The van der Waals surface area contributed by atoms with E-state index in [1.807, 2.05) is 19.0 Å². The first-order valence-electron chi connectivity index (χ1n) is 17.7. The van der Waals surface area contributed by atoms with E-state index < -0.39 is 11.0 Å². The van der Waals surface area contributed by atoms with Gasteiger partial charge in [-0.1, -0.05) is 55.4 Å². The Morgan fingerprint density at radius 2 is 1.64 bits per heavy atom. The van der Waals surface area contributed by atoms with Crippen LogP contribution in [-0.2, 0) is 23.9 Å². The molecule has 0 spiro atoms. The summed E-state index contributed by atoms with van der Waals surface area (Å²) in [5.74, 6) is 1.95.